The van der Waals surface area contributed by atoms with E-state index in [4.69, 9.17) is 22.1 Å². The number of pyridine rings is 8. The molecular formula is C86H91ClF4N20O10S. The lowest BCUT2D eigenvalue weighted by molar-refractivity contribution is 0.0493. The first-order valence-electron chi connectivity index (χ1n) is 40.1. The van der Waals surface area contributed by atoms with Crippen LogP contribution in [0.15, 0.2) is 166 Å². The number of ether oxygens (including phenoxy) is 1. The third-order valence-electron chi connectivity index (χ3n) is 22.2. The van der Waals surface area contributed by atoms with Gasteiger partial charge in [-0.05, 0) is 179 Å². The molecule has 0 bridgehead atoms. The first kappa shape index (κ1) is 85.6. The van der Waals surface area contributed by atoms with Gasteiger partial charge >= 0.3 is 6.09 Å². The van der Waals surface area contributed by atoms with E-state index in [1.807, 2.05) is 42.1 Å². The Morgan fingerprint density at radius 2 is 0.861 bits per heavy atom. The Morgan fingerprint density at radius 3 is 1.28 bits per heavy atom. The third-order valence-corrected chi connectivity index (χ3v) is 24.3. The van der Waals surface area contributed by atoms with Crippen molar-refractivity contribution in [2.75, 3.05) is 75.5 Å². The molecule has 4 aliphatic heterocycles. The van der Waals surface area contributed by atoms with Gasteiger partial charge in [0.05, 0.1) is 110 Å². The van der Waals surface area contributed by atoms with Crippen LogP contribution in [0.4, 0.5) is 33.7 Å². The van der Waals surface area contributed by atoms with Crippen LogP contribution in [0.5, 0.6) is 0 Å². The fraction of sp³-hybridized carbons (Fsp3) is 0.360. The predicted octanol–water partition coefficient (Wildman–Crippen LogP) is 13.5. The van der Waals surface area contributed by atoms with E-state index < -0.39 is 44.7 Å². The summed E-state index contributed by atoms with van der Waals surface area (Å²) in [4.78, 5) is 128. The lowest BCUT2D eigenvalue weighted by Gasteiger charge is -2.34. The fourth-order valence-corrected chi connectivity index (χ4v) is 16.2. The van der Waals surface area contributed by atoms with Gasteiger partial charge in [-0.15, -0.1) is 0 Å². The number of anilines is 2. The zero-order valence-electron chi connectivity index (χ0n) is 67.9. The zero-order chi connectivity index (χ0) is 86.6. The van der Waals surface area contributed by atoms with Crippen molar-refractivity contribution in [2.45, 2.75) is 134 Å². The largest absolute Gasteiger partial charge is 0.450 e. The van der Waals surface area contributed by atoms with E-state index in [0.29, 0.717) is 218 Å². The van der Waals surface area contributed by atoms with Crippen molar-refractivity contribution < 1.29 is 64.3 Å². The maximum absolute atomic E-state index is 14.0. The molecule has 1 aliphatic carbocycles. The van der Waals surface area contributed by atoms with Crippen LogP contribution in [-0.4, -0.2) is 221 Å². The molecule has 0 radical (unpaired) electrons. The molecule has 5 fully saturated rings. The van der Waals surface area contributed by atoms with Crippen molar-refractivity contribution in [3.63, 3.8) is 0 Å². The van der Waals surface area contributed by atoms with Gasteiger partial charge in [0.2, 0.25) is 15.9 Å². The van der Waals surface area contributed by atoms with Crippen LogP contribution >= 0.6 is 11.6 Å². The van der Waals surface area contributed by atoms with E-state index in [0.717, 1.165) is 16.2 Å². The number of nitrogens with one attached hydrogen (secondary N) is 3. The molecule has 636 valence electrons. The number of hydrogen-bond donors (Lipinski definition) is 4. The number of sulfonamides is 1. The number of nitrogens with zero attached hydrogens (tertiary/aromatic N) is 16. The van der Waals surface area contributed by atoms with E-state index >= 15 is 0 Å². The van der Waals surface area contributed by atoms with Crippen molar-refractivity contribution >= 4 is 119 Å². The Hall–Kier alpha value is -12.8. The summed E-state index contributed by atoms with van der Waals surface area (Å²) >= 11 is 6.38. The van der Waals surface area contributed by atoms with E-state index in [1.165, 1.54) is 37.2 Å². The lowest BCUT2D eigenvalue weighted by atomic mass is 9.95. The molecular weight excluding hydrogens is 1620 g/mol. The summed E-state index contributed by atoms with van der Waals surface area (Å²) in [5, 5.41) is 8.41. The summed E-state index contributed by atoms with van der Waals surface area (Å²) in [6.07, 6.45) is 27.4. The van der Waals surface area contributed by atoms with Crippen molar-refractivity contribution in [3.05, 3.63) is 204 Å². The van der Waals surface area contributed by atoms with Crippen molar-refractivity contribution in [1.29, 1.82) is 0 Å². The van der Waals surface area contributed by atoms with Crippen molar-refractivity contribution in [2.24, 2.45) is 5.73 Å². The first-order valence-corrected chi connectivity index (χ1v) is 42.0. The SMILES string of the molecule is CC1(F)CCN(C(=O)c2cnc3c(c2)c(Cl)cn3-c2cncc(C(N)=O)c2)CC1.CC1(F)CCN(C(=O)c2cnc3c(ccn3-c3cncc(NS(=O)(=O)C4CC4)c3)c2)CC1.CCNC(=O)c1ccc(-n2ccc3cc(C(=O)N4CCC(C)(F)CC4)cnc32)nc1.CCOC(=O)Nc1cncc(-n2ccc3cc(C(=O)N4CCC(C)(F)CC4)cnc32)c1. The highest BCUT2D eigenvalue weighted by Crippen LogP contribution is 2.36. The molecule has 7 amide bonds. The molecule has 5 aliphatic rings. The molecule has 0 unspecified atom stereocenters. The molecule has 12 aromatic heterocycles. The first-order chi connectivity index (χ1) is 58.2. The molecule has 12 aromatic rings. The number of aromatic nitrogens is 12. The number of fused-ring (bicyclic) bond motifs is 4. The molecule has 0 aromatic carbocycles. The number of hydrogen-bond acceptors (Lipinski definition) is 18. The highest BCUT2D eigenvalue weighted by molar-refractivity contribution is 7.93. The van der Waals surface area contributed by atoms with Crippen LogP contribution in [0.1, 0.15) is 168 Å². The van der Waals surface area contributed by atoms with E-state index in [-0.39, 0.29) is 47.0 Å². The number of amides is 7. The minimum absolute atomic E-state index is 0.128. The minimum Gasteiger partial charge on any atom is -0.450 e. The van der Waals surface area contributed by atoms with Crippen LogP contribution in [-0.2, 0) is 14.8 Å². The molecule has 122 heavy (non-hydrogen) atoms. The number of rotatable bonds is 16. The van der Waals surface area contributed by atoms with Gasteiger partial charge in [0.1, 0.15) is 51.1 Å². The standard InChI is InChI=1S/C22H24FN5O3S.C22H24FN5O3.C22H24FN5O2.C20H19ClFN5O2/c1-22(23)5-8-27(9-6-22)21(29)16-10-15-4-7-28(20(15)25-12-16)18-11-17(13-24-14-18)26-32(30,31)19-2-3-19;1-3-31-21(30)26-17-11-18(14-24-13-17)28-7-4-15-10-16(12-25-19(15)28)20(29)27-8-5-22(2,23)6-9-27;1-3-24-20(29)16-4-5-18(25-13-16)28-9-6-15-12-17(14-26-19(15)28)21(30)27-10-7-22(2,23)8-11-27;1-20(22)2-4-26(5-3-20)19(29)13-7-15-16(21)11-27(18(15)25-9-13)14-6-12(17(23)28)8-24-10-14/h4,7,10-14,19,26H,2-3,5-6,8-9H2,1H3;4,7,10-14H,3,5-6,8-9H2,1-2H3,(H,26,30);4-6,9,12-14H,3,7-8,10-11H2,1-2H3,(H,24,29);6-11H,2-5H2,1H3,(H2,23,28). The Morgan fingerprint density at radius 1 is 0.467 bits per heavy atom. The number of halogens is 5. The van der Waals surface area contributed by atoms with Crippen LogP contribution in [0.3, 0.4) is 0 Å². The number of carbonyl (C=O) groups excluding carboxylic acids is 7. The van der Waals surface area contributed by atoms with Gasteiger partial charge in [0.15, 0.2) is 0 Å². The number of carbonyl (C=O) groups is 7. The molecule has 1 saturated carbocycles. The summed E-state index contributed by atoms with van der Waals surface area (Å²) < 4.78 is 95.1. The van der Waals surface area contributed by atoms with E-state index in [9.17, 15) is 59.5 Å². The molecule has 17 rings (SSSR count). The molecule has 0 atom stereocenters. The van der Waals surface area contributed by atoms with E-state index in [2.05, 4.69) is 55.2 Å². The van der Waals surface area contributed by atoms with Gasteiger partial charge in [-0.2, -0.15) is 0 Å². The topological polar surface area (TPSA) is 361 Å². The van der Waals surface area contributed by atoms with Crippen LogP contribution < -0.4 is 21.1 Å². The highest BCUT2D eigenvalue weighted by Gasteiger charge is 2.38. The monoisotopic (exact) mass is 1710 g/mol. The third kappa shape index (κ3) is 20.0. The second kappa shape index (κ2) is 35.5. The Kier molecular flexibility index (Phi) is 24.9. The normalized spacial score (nSPS) is 16.6. The average molecular weight is 1710 g/mol. The lowest BCUT2D eigenvalue weighted by Crippen LogP contribution is -2.43. The van der Waals surface area contributed by atoms with Gasteiger partial charge in [0.25, 0.3) is 29.5 Å². The highest BCUT2D eigenvalue weighted by atomic mass is 35.5. The molecule has 36 heteroatoms. The minimum atomic E-state index is -3.38. The van der Waals surface area contributed by atoms with E-state index in [1.54, 1.807) is 166 Å². The second-order valence-corrected chi connectivity index (χ2v) is 34.2. The molecule has 0 spiro atoms. The Balaban J connectivity index is 0.000000133. The summed E-state index contributed by atoms with van der Waals surface area (Å²) in [6, 6.07) is 21.1. The van der Waals surface area contributed by atoms with Gasteiger partial charge in [-0.3, -0.25) is 72.0 Å². The Labute approximate surface area is 704 Å². The molecule has 16 heterocycles. The van der Waals surface area contributed by atoms with Gasteiger partial charge in [0, 0.05) is 142 Å². The van der Waals surface area contributed by atoms with Crippen LogP contribution in [0.25, 0.3) is 67.0 Å². The van der Waals surface area contributed by atoms with Gasteiger partial charge < -0.3 is 35.4 Å². The Bertz CT molecular complexity index is 6070. The molecule has 5 N–H and O–H groups in total. The molecule has 4 saturated heterocycles. The number of alkyl halides is 4. The fourth-order valence-electron chi connectivity index (χ4n) is 14.6. The summed E-state index contributed by atoms with van der Waals surface area (Å²) in [5.74, 6) is -0.744. The van der Waals surface area contributed by atoms with Crippen LogP contribution in [0, 0.1) is 0 Å². The van der Waals surface area contributed by atoms with Gasteiger partial charge in [-0.1, -0.05) is 11.6 Å². The summed E-state index contributed by atoms with van der Waals surface area (Å²) in [5.41, 5.74) is 8.32. The number of nitrogens with two attached hydrogens (primary N) is 1. The second-order valence-electron chi connectivity index (χ2n) is 31.8. The van der Waals surface area contributed by atoms with Crippen molar-refractivity contribution in [3.8, 4) is 22.9 Å². The maximum atomic E-state index is 14.0. The summed E-state index contributed by atoms with van der Waals surface area (Å²) in [7, 11) is -3.38. The zero-order valence-corrected chi connectivity index (χ0v) is 69.5. The number of likely N-dealkylation sites (tertiary alicyclic amines) is 4. The molecule has 30 nitrogen and oxygen atoms in total. The summed E-state index contributed by atoms with van der Waals surface area (Å²) in [6.45, 7) is 13.8. The van der Waals surface area contributed by atoms with Gasteiger partial charge in [-0.25, -0.2) is 55.7 Å². The average Bonchev–Trinajstić information content (AvgIpc) is 1.62. The quantitative estimate of drug-likeness (QED) is 0.0653. The maximum Gasteiger partial charge on any atom is 0.411 e. The number of primary amides is 1. The smallest absolute Gasteiger partial charge is 0.411 e. The van der Waals surface area contributed by atoms with Crippen LogP contribution in [0.2, 0.25) is 5.02 Å². The predicted molar refractivity (Wildman–Crippen MR) is 452 cm³/mol. The van der Waals surface area contributed by atoms with Crippen molar-refractivity contribution in [1.82, 2.24) is 83.1 Å². The number of piperidine rings is 4.